The molecule has 1 amide bonds. The van der Waals surface area contributed by atoms with E-state index in [1.165, 1.54) is 23.9 Å². The first-order valence-electron chi connectivity index (χ1n) is 9.36. The van der Waals surface area contributed by atoms with Crippen molar-refractivity contribution in [3.63, 3.8) is 0 Å². The third-order valence-electron chi connectivity index (χ3n) is 4.25. The van der Waals surface area contributed by atoms with Gasteiger partial charge in [0.2, 0.25) is 5.91 Å². The minimum atomic E-state index is -0.499. The van der Waals surface area contributed by atoms with Gasteiger partial charge in [-0.25, -0.2) is 0 Å². The van der Waals surface area contributed by atoms with Crippen molar-refractivity contribution in [2.24, 2.45) is 0 Å². The van der Waals surface area contributed by atoms with Gasteiger partial charge in [0.15, 0.2) is 11.0 Å². The zero-order valence-electron chi connectivity index (χ0n) is 16.9. The second kappa shape index (κ2) is 10.4. The zero-order valence-corrected chi connectivity index (χ0v) is 17.7. The van der Waals surface area contributed by atoms with Gasteiger partial charge < -0.3 is 10.1 Å². The lowest BCUT2D eigenvalue weighted by molar-refractivity contribution is -0.384. The summed E-state index contributed by atoms with van der Waals surface area (Å²) in [5, 5.41) is 22.6. The summed E-state index contributed by atoms with van der Waals surface area (Å²) in [6.45, 7) is 6.22. The number of non-ortho nitro benzene ring substituents is 1. The second-order valence-electron chi connectivity index (χ2n) is 6.49. The first-order chi connectivity index (χ1) is 15.0. The molecule has 31 heavy (non-hydrogen) atoms. The summed E-state index contributed by atoms with van der Waals surface area (Å²) in [7, 11) is 0. The number of allylic oxidation sites excluding steroid dienone is 1. The number of nitrogens with one attached hydrogen (secondary N) is 1. The Balaban J connectivity index is 1.63. The van der Waals surface area contributed by atoms with Gasteiger partial charge in [-0.1, -0.05) is 42.1 Å². The van der Waals surface area contributed by atoms with Gasteiger partial charge in [-0.15, -0.1) is 16.8 Å². The monoisotopic (exact) mass is 439 g/mol. The normalized spacial score (nSPS) is 10.5. The topological polar surface area (TPSA) is 112 Å². The van der Waals surface area contributed by atoms with Gasteiger partial charge in [-0.05, 0) is 24.6 Å². The number of carbonyl (C=O) groups excluding carboxylic acids is 1. The lowest BCUT2D eigenvalue weighted by Gasteiger charge is -2.10. The van der Waals surface area contributed by atoms with Gasteiger partial charge in [0.1, 0.15) is 12.4 Å². The average Bonchev–Trinajstić information content (AvgIpc) is 3.15. The fraction of sp³-hybridized carbons (Fsp3) is 0.190. The highest BCUT2D eigenvalue weighted by Gasteiger charge is 2.15. The Labute approximate surface area is 183 Å². The SMILES string of the molecule is C=CCn1c(COc2ccccc2)nnc1SCC(=O)Nc1cc([N+](=O)[O-])ccc1C. The van der Waals surface area contributed by atoms with Gasteiger partial charge in [-0.2, -0.15) is 0 Å². The molecule has 0 saturated carbocycles. The number of nitro benzene ring substituents is 1. The van der Waals surface area contributed by atoms with Crippen LogP contribution in [0.2, 0.25) is 0 Å². The van der Waals surface area contributed by atoms with E-state index in [4.69, 9.17) is 4.74 Å². The minimum Gasteiger partial charge on any atom is -0.486 e. The number of carbonyl (C=O) groups is 1. The third kappa shape index (κ3) is 5.92. The Morgan fingerprint density at radius 2 is 2.06 bits per heavy atom. The number of anilines is 1. The number of rotatable bonds is 10. The molecular weight excluding hydrogens is 418 g/mol. The Hall–Kier alpha value is -3.66. The highest BCUT2D eigenvalue weighted by Crippen LogP contribution is 2.23. The van der Waals surface area contributed by atoms with Crippen molar-refractivity contribution in [1.29, 1.82) is 0 Å². The molecule has 0 unspecified atom stereocenters. The molecule has 0 spiro atoms. The predicted molar refractivity (Wildman–Crippen MR) is 118 cm³/mol. The maximum atomic E-state index is 12.4. The zero-order chi connectivity index (χ0) is 22.2. The molecule has 0 aliphatic heterocycles. The average molecular weight is 439 g/mol. The van der Waals surface area contributed by atoms with Gasteiger partial charge in [0.05, 0.1) is 16.4 Å². The van der Waals surface area contributed by atoms with Crippen LogP contribution >= 0.6 is 11.8 Å². The standard InChI is InChI=1S/C21H21N5O4S/c1-3-11-25-19(13-30-17-7-5-4-6-8-17)23-24-21(25)31-14-20(27)22-18-12-16(26(28)29)10-9-15(18)2/h3-10,12H,1,11,13-14H2,2H3,(H,22,27). The van der Waals surface area contributed by atoms with Gasteiger partial charge >= 0.3 is 0 Å². The molecule has 1 heterocycles. The van der Waals surface area contributed by atoms with E-state index in [0.29, 0.717) is 23.2 Å². The van der Waals surface area contributed by atoms with E-state index >= 15 is 0 Å². The van der Waals surface area contributed by atoms with Crippen LogP contribution < -0.4 is 10.1 Å². The molecular formula is C21H21N5O4S. The van der Waals surface area contributed by atoms with E-state index in [2.05, 4.69) is 22.1 Å². The quantitative estimate of drug-likeness (QED) is 0.220. The Bertz CT molecular complexity index is 1080. The van der Waals surface area contributed by atoms with E-state index in [1.807, 2.05) is 34.9 Å². The van der Waals surface area contributed by atoms with Crippen LogP contribution in [0.3, 0.4) is 0 Å². The molecule has 2 aromatic carbocycles. The number of amides is 1. The van der Waals surface area contributed by atoms with Crippen molar-refractivity contribution in [1.82, 2.24) is 14.8 Å². The van der Waals surface area contributed by atoms with Crippen molar-refractivity contribution < 1.29 is 14.5 Å². The molecule has 0 fully saturated rings. The number of thioether (sulfide) groups is 1. The van der Waals surface area contributed by atoms with Gasteiger partial charge in [0, 0.05) is 18.7 Å². The predicted octanol–water partition coefficient (Wildman–Crippen LogP) is 3.99. The molecule has 0 aliphatic carbocycles. The number of benzene rings is 2. The highest BCUT2D eigenvalue weighted by atomic mass is 32.2. The van der Waals surface area contributed by atoms with E-state index < -0.39 is 4.92 Å². The molecule has 10 heteroatoms. The summed E-state index contributed by atoms with van der Waals surface area (Å²) in [6.07, 6.45) is 1.71. The number of hydrogen-bond acceptors (Lipinski definition) is 7. The molecule has 3 rings (SSSR count). The molecule has 1 N–H and O–H groups in total. The van der Waals surface area contributed by atoms with Crippen LogP contribution in [0.5, 0.6) is 5.75 Å². The summed E-state index contributed by atoms with van der Waals surface area (Å²) in [5.74, 6) is 1.10. The molecule has 160 valence electrons. The van der Waals surface area contributed by atoms with Crippen LogP contribution in [0.4, 0.5) is 11.4 Å². The fourth-order valence-corrected chi connectivity index (χ4v) is 3.45. The van der Waals surface area contributed by atoms with E-state index in [0.717, 1.165) is 11.3 Å². The maximum absolute atomic E-state index is 12.4. The minimum absolute atomic E-state index is 0.0664. The number of aromatic nitrogens is 3. The summed E-state index contributed by atoms with van der Waals surface area (Å²) in [6, 6.07) is 13.7. The Morgan fingerprint density at radius 1 is 1.29 bits per heavy atom. The first kappa shape index (κ1) is 22.0. The van der Waals surface area contributed by atoms with E-state index in [9.17, 15) is 14.9 Å². The van der Waals surface area contributed by atoms with Crippen LogP contribution in [0.1, 0.15) is 11.4 Å². The molecule has 1 aromatic heterocycles. The van der Waals surface area contributed by atoms with Crippen LogP contribution in [-0.4, -0.2) is 31.3 Å². The molecule has 0 aliphatic rings. The smallest absolute Gasteiger partial charge is 0.271 e. The molecule has 0 saturated heterocycles. The van der Waals surface area contributed by atoms with Crippen molar-refractivity contribution >= 4 is 29.0 Å². The summed E-state index contributed by atoms with van der Waals surface area (Å²) in [4.78, 5) is 22.9. The fourth-order valence-electron chi connectivity index (χ4n) is 2.68. The summed E-state index contributed by atoms with van der Waals surface area (Å²) >= 11 is 1.21. The number of hydrogen-bond donors (Lipinski definition) is 1. The number of aryl methyl sites for hydroxylation is 1. The molecule has 9 nitrogen and oxygen atoms in total. The molecule has 0 atom stereocenters. The number of nitro groups is 1. The van der Waals surface area contributed by atoms with Crippen LogP contribution in [0.25, 0.3) is 0 Å². The Morgan fingerprint density at radius 3 is 2.77 bits per heavy atom. The molecule has 0 radical (unpaired) electrons. The van der Waals surface area contributed by atoms with Crippen molar-refractivity contribution in [3.05, 3.63) is 82.7 Å². The highest BCUT2D eigenvalue weighted by molar-refractivity contribution is 7.99. The van der Waals surface area contributed by atoms with Crippen LogP contribution in [-0.2, 0) is 17.9 Å². The van der Waals surface area contributed by atoms with Crippen LogP contribution in [0.15, 0.2) is 66.3 Å². The summed E-state index contributed by atoms with van der Waals surface area (Å²) < 4.78 is 7.57. The van der Waals surface area contributed by atoms with Crippen molar-refractivity contribution in [2.75, 3.05) is 11.1 Å². The van der Waals surface area contributed by atoms with Crippen molar-refractivity contribution in [3.8, 4) is 5.75 Å². The number of nitrogens with zero attached hydrogens (tertiary/aromatic N) is 4. The largest absolute Gasteiger partial charge is 0.486 e. The van der Waals surface area contributed by atoms with Crippen molar-refractivity contribution in [2.45, 2.75) is 25.2 Å². The molecule has 0 bridgehead atoms. The third-order valence-corrected chi connectivity index (χ3v) is 5.22. The lowest BCUT2D eigenvalue weighted by Crippen LogP contribution is -2.16. The Kier molecular flexibility index (Phi) is 7.39. The molecule has 3 aromatic rings. The maximum Gasteiger partial charge on any atom is 0.271 e. The van der Waals surface area contributed by atoms with E-state index in [1.54, 1.807) is 19.1 Å². The van der Waals surface area contributed by atoms with Gasteiger partial charge in [-0.3, -0.25) is 19.5 Å². The van der Waals surface area contributed by atoms with Crippen LogP contribution in [0, 0.1) is 17.0 Å². The second-order valence-corrected chi connectivity index (χ2v) is 7.44. The van der Waals surface area contributed by atoms with E-state index in [-0.39, 0.29) is 24.0 Å². The summed E-state index contributed by atoms with van der Waals surface area (Å²) in [5.41, 5.74) is 1.06. The number of ether oxygens (including phenoxy) is 1. The number of para-hydroxylation sites is 1. The lowest BCUT2D eigenvalue weighted by atomic mass is 10.2. The van der Waals surface area contributed by atoms with Gasteiger partial charge in [0.25, 0.3) is 5.69 Å². The first-order valence-corrected chi connectivity index (χ1v) is 10.3.